The first kappa shape index (κ1) is 16.1. The molecule has 1 N–H and O–H groups in total. The molecule has 1 aromatic heterocycles. The SMILES string of the molecule is CCn1cc(-c2ccc(Br)cc2)c(N2CCOCC2)c1C(=O)O. The number of aromatic nitrogens is 1. The van der Waals surface area contributed by atoms with Crippen LogP contribution >= 0.6 is 15.9 Å². The molecule has 0 saturated carbocycles. The van der Waals surface area contributed by atoms with Crippen LogP contribution in [0, 0.1) is 0 Å². The highest BCUT2D eigenvalue weighted by atomic mass is 79.9. The molecular weight excluding hydrogens is 360 g/mol. The Labute approximate surface area is 143 Å². The van der Waals surface area contributed by atoms with Crippen LogP contribution in [0.25, 0.3) is 11.1 Å². The van der Waals surface area contributed by atoms with Gasteiger partial charge in [0.15, 0.2) is 5.69 Å². The van der Waals surface area contributed by atoms with Crippen molar-refractivity contribution in [1.82, 2.24) is 4.57 Å². The number of benzene rings is 1. The average Bonchev–Trinajstić information content (AvgIpc) is 2.96. The van der Waals surface area contributed by atoms with Crippen LogP contribution in [0.5, 0.6) is 0 Å². The summed E-state index contributed by atoms with van der Waals surface area (Å²) in [4.78, 5) is 14.0. The molecule has 5 nitrogen and oxygen atoms in total. The standard InChI is InChI=1S/C17H19BrN2O3/c1-2-19-11-14(12-3-5-13(18)6-4-12)15(16(19)17(21)22)20-7-9-23-10-8-20/h3-6,11H,2,7-10H2,1H3,(H,21,22). The summed E-state index contributed by atoms with van der Waals surface area (Å²) in [6.07, 6.45) is 1.94. The van der Waals surface area contributed by atoms with Crippen molar-refractivity contribution < 1.29 is 14.6 Å². The number of carboxylic acids is 1. The zero-order valence-electron chi connectivity index (χ0n) is 13.0. The predicted octanol–water partition coefficient (Wildman–Crippen LogP) is 3.47. The molecule has 1 aliphatic heterocycles. The number of hydrogen-bond acceptors (Lipinski definition) is 3. The Morgan fingerprint density at radius 2 is 1.91 bits per heavy atom. The fourth-order valence-corrected chi connectivity index (χ4v) is 3.23. The van der Waals surface area contributed by atoms with Crippen LogP contribution in [0.15, 0.2) is 34.9 Å². The fourth-order valence-electron chi connectivity index (χ4n) is 2.97. The number of carbonyl (C=O) groups is 1. The largest absolute Gasteiger partial charge is 0.477 e. The van der Waals surface area contributed by atoms with Gasteiger partial charge in [0.2, 0.25) is 0 Å². The predicted molar refractivity (Wildman–Crippen MR) is 93.2 cm³/mol. The lowest BCUT2D eigenvalue weighted by Gasteiger charge is -2.30. The summed E-state index contributed by atoms with van der Waals surface area (Å²) in [6.45, 7) is 5.23. The van der Waals surface area contributed by atoms with Crippen molar-refractivity contribution in [3.8, 4) is 11.1 Å². The van der Waals surface area contributed by atoms with Crippen LogP contribution in [0.4, 0.5) is 5.69 Å². The molecule has 122 valence electrons. The Morgan fingerprint density at radius 3 is 2.48 bits per heavy atom. The molecule has 1 saturated heterocycles. The molecule has 1 fully saturated rings. The van der Waals surface area contributed by atoms with Gasteiger partial charge in [-0.15, -0.1) is 0 Å². The van der Waals surface area contributed by atoms with Gasteiger partial charge in [0, 0.05) is 35.9 Å². The maximum atomic E-state index is 11.9. The van der Waals surface area contributed by atoms with Crippen molar-refractivity contribution in [2.45, 2.75) is 13.5 Å². The van der Waals surface area contributed by atoms with Crippen LogP contribution < -0.4 is 4.90 Å². The van der Waals surface area contributed by atoms with E-state index < -0.39 is 5.97 Å². The number of rotatable bonds is 4. The third kappa shape index (κ3) is 3.14. The third-order valence-electron chi connectivity index (χ3n) is 4.08. The van der Waals surface area contributed by atoms with Gasteiger partial charge >= 0.3 is 5.97 Å². The van der Waals surface area contributed by atoms with Gasteiger partial charge in [-0.25, -0.2) is 4.79 Å². The van der Waals surface area contributed by atoms with E-state index in [1.54, 1.807) is 0 Å². The minimum atomic E-state index is -0.892. The summed E-state index contributed by atoms with van der Waals surface area (Å²) in [5.41, 5.74) is 3.13. The second kappa shape index (κ2) is 6.76. The number of carboxylic acid groups (broad SMARTS) is 1. The molecule has 0 radical (unpaired) electrons. The van der Waals surface area contributed by atoms with Crippen molar-refractivity contribution in [3.05, 3.63) is 40.6 Å². The second-order valence-corrected chi connectivity index (χ2v) is 6.35. The van der Waals surface area contributed by atoms with Gasteiger partial charge < -0.3 is 19.3 Å². The molecule has 0 unspecified atom stereocenters. The molecule has 1 aromatic carbocycles. The first-order valence-corrected chi connectivity index (χ1v) is 8.46. The molecule has 3 rings (SSSR count). The third-order valence-corrected chi connectivity index (χ3v) is 4.61. The van der Waals surface area contributed by atoms with Gasteiger partial charge in [0.25, 0.3) is 0 Å². The number of aryl methyl sites for hydroxylation is 1. The molecule has 0 aliphatic carbocycles. The van der Waals surface area contributed by atoms with E-state index in [9.17, 15) is 9.90 Å². The van der Waals surface area contributed by atoms with E-state index in [2.05, 4.69) is 20.8 Å². The Hall–Kier alpha value is -1.79. The number of morpholine rings is 1. The van der Waals surface area contributed by atoms with Crippen LogP contribution in [0.3, 0.4) is 0 Å². The molecule has 0 spiro atoms. The Bertz CT molecular complexity index is 703. The number of hydrogen-bond donors (Lipinski definition) is 1. The smallest absolute Gasteiger partial charge is 0.354 e. The van der Waals surface area contributed by atoms with Crippen molar-refractivity contribution in [2.24, 2.45) is 0 Å². The molecular formula is C17H19BrN2O3. The average molecular weight is 379 g/mol. The molecule has 0 bridgehead atoms. The summed E-state index contributed by atoms with van der Waals surface area (Å²) in [6, 6.07) is 7.97. The van der Waals surface area contributed by atoms with Crippen LogP contribution in [0.2, 0.25) is 0 Å². The molecule has 6 heteroatoms. The molecule has 23 heavy (non-hydrogen) atoms. The molecule has 2 aromatic rings. The zero-order chi connectivity index (χ0) is 16.4. The molecule has 0 atom stereocenters. The minimum absolute atomic E-state index is 0.354. The van der Waals surface area contributed by atoms with Crippen molar-refractivity contribution >= 4 is 27.6 Å². The monoisotopic (exact) mass is 378 g/mol. The van der Waals surface area contributed by atoms with E-state index >= 15 is 0 Å². The van der Waals surface area contributed by atoms with Crippen molar-refractivity contribution in [3.63, 3.8) is 0 Å². The van der Waals surface area contributed by atoms with Crippen molar-refractivity contribution in [2.75, 3.05) is 31.2 Å². The van der Waals surface area contributed by atoms with Gasteiger partial charge in [0.05, 0.1) is 18.9 Å². The summed E-state index contributed by atoms with van der Waals surface area (Å²) < 4.78 is 8.23. The lowest BCUT2D eigenvalue weighted by Crippen LogP contribution is -2.37. The number of aromatic carboxylic acids is 1. The summed E-state index contributed by atoms with van der Waals surface area (Å²) in [5.74, 6) is -0.892. The molecule has 0 amide bonds. The Kier molecular flexibility index (Phi) is 4.73. The first-order chi connectivity index (χ1) is 11.1. The molecule has 1 aliphatic rings. The van der Waals surface area contributed by atoms with E-state index in [1.165, 1.54) is 0 Å². The van der Waals surface area contributed by atoms with Crippen molar-refractivity contribution in [1.29, 1.82) is 0 Å². The van der Waals surface area contributed by atoms with E-state index in [0.29, 0.717) is 38.5 Å². The Balaban J connectivity index is 2.17. The zero-order valence-corrected chi connectivity index (χ0v) is 14.5. The lowest BCUT2D eigenvalue weighted by atomic mass is 10.1. The minimum Gasteiger partial charge on any atom is -0.477 e. The fraction of sp³-hybridized carbons (Fsp3) is 0.353. The maximum Gasteiger partial charge on any atom is 0.354 e. The molecule has 2 heterocycles. The first-order valence-electron chi connectivity index (χ1n) is 7.67. The van der Waals surface area contributed by atoms with E-state index in [4.69, 9.17) is 4.74 Å². The van der Waals surface area contributed by atoms with Crippen LogP contribution in [-0.4, -0.2) is 41.9 Å². The van der Waals surface area contributed by atoms with Crippen LogP contribution in [-0.2, 0) is 11.3 Å². The quantitative estimate of drug-likeness (QED) is 0.884. The van der Waals surface area contributed by atoms with Crippen LogP contribution in [0.1, 0.15) is 17.4 Å². The van der Waals surface area contributed by atoms with Gasteiger partial charge in [-0.05, 0) is 24.6 Å². The number of anilines is 1. The van der Waals surface area contributed by atoms with Gasteiger partial charge in [-0.2, -0.15) is 0 Å². The second-order valence-electron chi connectivity index (χ2n) is 5.44. The number of ether oxygens (including phenoxy) is 1. The normalized spacial score (nSPS) is 15.0. The van der Waals surface area contributed by atoms with Gasteiger partial charge in [-0.3, -0.25) is 0 Å². The van der Waals surface area contributed by atoms with Gasteiger partial charge in [-0.1, -0.05) is 28.1 Å². The highest BCUT2D eigenvalue weighted by Crippen LogP contribution is 2.37. The summed E-state index contributed by atoms with van der Waals surface area (Å²) in [7, 11) is 0. The topological polar surface area (TPSA) is 54.7 Å². The Morgan fingerprint density at radius 1 is 1.26 bits per heavy atom. The van der Waals surface area contributed by atoms with E-state index in [0.717, 1.165) is 21.3 Å². The van der Waals surface area contributed by atoms with E-state index in [-0.39, 0.29) is 0 Å². The maximum absolute atomic E-state index is 11.9. The summed E-state index contributed by atoms with van der Waals surface area (Å²) in [5, 5.41) is 9.73. The number of nitrogens with zero attached hydrogens (tertiary/aromatic N) is 2. The van der Waals surface area contributed by atoms with Gasteiger partial charge in [0.1, 0.15) is 0 Å². The highest BCUT2D eigenvalue weighted by Gasteiger charge is 2.27. The van der Waals surface area contributed by atoms with E-state index in [1.807, 2.05) is 42.0 Å². The highest BCUT2D eigenvalue weighted by molar-refractivity contribution is 9.10. The number of halogens is 1. The summed E-state index contributed by atoms with van der Waals surface area (Å²) >= 11 is 3.44. The lowest BCUT2D eigenvalue weighted by molar-refractivity contribution is 0.0684.